The van der Waals surface area contributed by atoms with Gasteiger partial charge in [-0.3, -0.25) is 0 Å². The minimum Gasteiger partial charge on any atom is -0.497 e. The smallest absolute Gasteiger partial charge is 0.262 e. The zero-order valence-electron chi connectivity index (χ0n) is 15.2. The fourth-order valence-electron chi connectivity index (χ4n) is 3.31. The number of methoxy groups -OCH3 is 1. The fourth-order valence-corrected chi connectivity index (χ4v) is 4.39. The highest BCUT2D eigenvalue weighted by Crippen LogP contribution is 2.26. The average Bonchev–Trinajstić information content (AvgIpc) is 3.02. The van der Waals surface area contributed by atoms with Crippen LogP contribution in [-0.4, -0.2) is 33.3 Å². The molecule has 134 valence electrons. The number of aryl methyl sites for hydroxylation is 1. The van der Waals surface area contributed by atoms with E-state index in [2.05, 4.69) is 70.4 Å². The SMILES string of the molecule is COc1ccc2c(c1)sc(/C=C/c1ccc(N3CCNCC3)cc1)[n+]2C. The number of hydrogen-bond acceptors (Lipinski definition) is 4. The summed E-state index contributed by atoms with van der Waals surface area (Å²) in [5.74, 6) is 0.901. The molecule has 1 aliphatic rings. The monoisotopic (exact) mass is 366 g/mol. The summed E-state index contributed by atoms with van der Waals surface area (Å²) in [6, 6.07) is 15.1. The van der Waals surface area contributed by atoms with Crippen molar-refractivity contribution in [3.05, 3.63) is 53.0 Å². The molecule has 0 spiro atoms. The van der Waals surface area contributed by atoms with Crippen LogP contribution in [0.3, 0.4) is 0 Å². The molecule has 5 heteroatoms. The third-order valence-corrected chi connectivity index (χ3v) is 6.03. The van der Waals surface area contributed by atoms with E-state index >= 15 is 0 Å². The third-order valence-electron chi connectivity index (χ3n) is 4.87. The van der Waals surface area contributed by atoms with E-state index in [4.69, 9.17) is 4.74 Å². The van der Waals surface area contributed by atoms with Crippen molar-refractivity contribution in [2.75, 3.05) is 38.2 Å². The third kappa shape index (κ3) is 3.45. The Morgan fingerprint density at radius 2 is 1.85 bits per heavy atom. The molecule has 1 fully saturated rings. The Hall–Kier alpha value is -2.37. The molecule has 0 aliphatic carbocycles. The molecular formula is C21H24N3OS+. The van der Waals surface area contributed by atoms with E-state index in [9.17, 15) is 0 Å². The van der Waals surface area contributed by atoms with E-state index in [1.807, 2.05) is 6.07 Å². The molecule has 1 aliphatic heterocycles. The number of nitrogens with one attached hydrogen (secondary N) is 1. The van der Waals surface area contributed by atoms with Gasteiger partial charge in [-0.1, -0.05) is 23.5 Å². The second kappa shape index (κ2) is 7.48. The number of nitrogens with zero attached hydrogens (tertiary/aromatic N) is 2. The number of thiazole rings is 1. The van der Waals surface area contributed by atoms with Crippen LogP contribution < -0.4 is 19.5 Å². The highest BCUT2D eigenvalue weighted by Gasteiger charge is 2.15. The Morgan fingerprint density at radius 3 is 2.58 bits per heavy atom. The number of rotatable bonds is 4. The van der Waals surface area contributed by atoms with E-state index in [-0.39, 0.29) is 0 Å². The molecule has 1 N–H and O–H groups in total. The molecule has 4 nitrogen and oxygen atoms in total. The van der Waals surface area contributed by atoms with Crippen LogP contribution in [0, 0.1) is 0 Å². The standard InChI is InChI=1S/C21H24N3OS/c1-23-19-9-8-18(25-2)15-20(19)26-21(23)10-5-16-3-6-17(7-4-16)24-13-11-22-12-14-24/h3-10,15,22H,11-14H2,1-2H3/q+1. The van der Waals surface area contributed by atoms with E-state index < -0.39 is 0 Å². The topological polar surface area (TPSA) is 28.4 Å². The van der Waals surface area contributed by atoms with Gasteiger partial charge in [-0.15, -0.1) is 0 Å². The number of piperazine rings is 1. The summed E-state index contributed by atoms with van der Waals surface area (Å²) in [4.78, 5) is 2.43. The molecular weight excluding hydrogens is 342 g/mol. The zero-order chi connectivity index (χ0) is 17.9. The molecule has 3 aromatic rings. The average molecular weight is 367 g/mol. The van der Waals surface area contributed by atoms with Crippen molar-refractivity contribution in [1.29, 1.82) is 0 Å². The molecule has 0 amide bonds. The van der Waals surface area contributed by atoms with Crippen molar-refractivity contribution in [2.24, 2.45) is 7.05 Å². The first-order valence-corrected chi connectivity index (χ1v) is 9.76. The van der Waals surface area contributed by atoms with Crippen molar-refractivity contribution < 1.29 is 9.30 Å². The highest BCUT2D eigenvalue weighted by molar-refractivity contribution is 7.18. The number of fused-ring (bicyclic) bond motifs is 1. The van der Waals surface area contributed by atoms with E-state index in [0.29, 0.717) is 0 Å². The summed E-state index contributed by atoms with van der Waals surface area (Å²) in [7, 11) is 3.82. The van der Waals surface area contributed by atoms with Crippen molar-refractivity contribution in [3.63, 3.8) is 0 Å². The van der Waals surface area contributed by atoms with Crippen LogP contribution in [0.4, 0.5) is 5.69 Å². The number of benzene rings is 2. The predicted octanol–water partition coefficient (Wildman–Crippen LogP) is 3.31. The van der Waals surface area contributed by atoms with Gasteiger partial charge in [-0.2, -0.15) is 4.57 Å². The maximum absolute atomic E-state index is 5.33. The minimum absolute atomic E-state index is 0.901. The number of aromatic nitrogens is 1. The maximum Gasteiger partial charge on any atom is 0.262 e. The van der Waals surface area contributed by atoms with Crippen LogP contribution in [0.25, 0.3) is 22.4 Å². The number of ether oxygens (including phenoxy) is 1. The molecule has 1 saturated heterocycles. The zero-order valence-corrected chi connectivity index (χ0v) is 16.1. The van der Waals surface area contributed by atoms with E-state index in [1.165, 1.54) is 26.5 Å². The molecule has 1 aromatic heterocycles. The first kappa shape index (κ1) is 17.1. The van der Waals surface area contributed by atoms with Crippen LogP contribution in [0.1, 0.15) is 10.6 Å². The second-order valence-electron chi connectivity index (χ2n) is 6.49. The predicted molar refractivity (Wildman–Crippen MR) is 110 cm³/mol. The van der Waals surface area contributed by atoms with Gasteiger partial charge < -0.3 is 15.0 Å². The molecule has 0 unspecified atom stereocenters. The van der Waals surface area contributed by atoms with Gasteiger partial charge in [0.25, 0.3) is 5.01 Å². The Bertz CT molecular complexity index is 924. The lowest BCUT2D eigenvalue weighted by molar-refractivity contribution is -0.642. The van der Waals surface area contributed by atoms with Gasteiger partial charge in [0.1, 0.15) is 17.5 Å². The fraction of sp³-hybridized carbons (Fsp3) is 0.286. The highest BCUT2D eigenvalue weighted by atomic mass is 32.1. The van der Waals surface area contributed by atoms with Gasteiger partial charge in [0.05, 0.1) is 7.11 Å². The Morgan fingerprint density at radius 1 is 1.08 bits per heavy atom. The summed E-state index contributed by atoms with van der Waals surface area (Å²) in [6.07, 6.45) is 4.38. The molecule has 2 aromatic carbocycles. The Kier molecular flexibility index (Phi) is 4.91. The van der Waals surface area contributed by atoms with Crippen molar-refractivity contribution in [3.8, 4) is 5.75 Å². The van der Waals surface area contributed by atoms with Crippen LogP contribution in [0.5, 0.6) is 5.75 Å². The Labute approximate surface area is 158 Å². The lowest BCUT2D eigenvalue weighted by Crippen LogP contribution is -2.43. The quantitative estimate of drug-likeness (QED) is 0.718. The molecule has 0 saturated carbocycles. The first-order chi connectivity index (χ1) is 12.7. The van der Waals surface area contributed by atoms with Gasteiger partial charge in [-0.05, 0) is 29.8 Å². The largest absolute Gasteiger partial charge is 0.497 e. The molecule has 4 rings (SSSR count). The first-order valence-electron chi connectivity index (χ1n) is 8.95. The van der Waals surface area contributed by atoms with Crippen LogP contribution in [0.2, 0.25) is 0 Å². The van der Waals surface area contributed by atoms with Gasteiger partial charge in [-0.25, -0.2) is 0 Å². The van der Waals surface area contributed by atoms with Gasteiger partial charge in [0, 0.05) is 50.1 Å². The van der Waals surface area contributed by atoms with Crippen molar-refractivity contribution in [1.82, 2.24) is 5.32 Å². The molecule has 0 atom stereocenters. The summed E-state index contributed by atoms with van der Waals surface area (Å²) in [5, 5.41) is 4.62. The molecule has 0 bridgehead atoms. The maximum atomic E-state index is 5.33. The summed E-state index contributed by atoms with van der Waals surface area (Å²) >= 11 is 1.78. The van der Waals surface area contributed by atoms with E-state index in [1.54, 1.807) is 18.4 Å². The van der Waals surface area contributed by atoms with E-state index in [0.717, 1.165) is 31.9 Å². The second-order valence-corrected chi connectivity index (χ2v) is 7.56. The van der Waals surface area contributed by atoms with Crippen LogP contribution >= 0.6 is 11.3 Å². The minimum atomic E-state index is 0.901. The van der Waals surface area contributed by atoms with Gasteiger partial charge >= 0.3 is 0 Å². The number of hydrogen-bond donors (Lipinski definition) is 1. The lowest BCUT2D eigenvalue weighted by Gasteiger charge is -2.29. The van der Waals surface area contributed by atoms with Crippen molar-refractivity contribution in [2.45, 2.75) is 0 Å². The molecule has 26 heavy (non-hydrogen) atoms. The summed E-state index contributed by atoms with van der Waals surface area (Å²) < 4.78 is 8.80. The van der Waals surface area contributed by atoms with Crippen LogP contribution in [-0.2, 0) is 7.05 Å². The normalized spacial score (nSPS) is 15.1. The Balaban J connectivity index is 1.54. The summed E-state index contributed by atoms with van der Waals surface area (Å²) in [6.45, 7) is 4.29. The van der Waals surface area contributed by atoms with Gasteiger partial charge in [0.2, 0.25) is 5.52 Å². The lowest BCUT2D eigenvalue weighted by atomic mass is 10.1. The number of anilines is 1. The molecule has 2 heterocycles. The van der Waals surface area contributed by atoms with Crippen molar-refractivity contribution >= 4 is 39.4 Å². The summed E-state index contributed by atoms with van der Waals surface area (Å²) in [5.41, 5.74) is 3.76. The van der Waals surface area contributed by atoms with Crippen LogP contribution in [0.15, 0.2) is 42.5 Å². The van der Waals surface area contributed by atoms with Gasteiger partial charge in [0.15, 0.2) is 0 Å². The molecule has 0 radical (unpaired) electrons.